The van der Waals surface area contributed by atoms with Crippen molar-refractivity contribution in [3.05, 3.63) is 11.6 Å². The molecule has 4 aliphatic rings. The lowest BCUT2D eigenvalue weighted by atomic mass is 9.45. The molecule has 0 aromatic heterocycles. The van der Waals surface area contributed by atoms with Crippen LogP contribution in [0.3, 0.4) is 0 Å². The van der Waals surface area contributed by atoms with E-state index in [1.807, 2.05) is 20.8 Å². The number of fused-ring (bicyclic) bond motifs is 5. The number of allylic oxidation sites excluding steroid dienone is 1. The molecule has 0 bridgehead atoms. The lowest BCUT2D eigenvalue weighted by Gasteiger charge is -2.60. The van der Waals surface area contributed by atoms with E-state index < -0.39 is 35.5 Å². The van der Waals surface area contributed by atoms with Gasteiger partial charge < -0.3 is 20.3 Å². The Morgan fingerprint density at radius 3 is 2.57 bits per heavy atom. The fraction of sp³-hybridized carbons (Fsp3) is 0.793. The maximum absolute atomic E-state index is 13.3. The molecule has 1 amide bonds. The minimum absolute atomic E-state index is 0.00389. The van der Waals surface area contributed by atoms with E-state index in [-0.39, 0.29) is 54.1 Å². The first kappa shape index (κ1) is 28.0. The Labute approximate surface area is 219 Å². The average Bonchev–Trinajstić information content (AvgIpc) is 3.11. The summed E-state index contributed by atoms with van der Waals surface area (Å²) < 4.78 is 5.18. The zero-order valence-electron chi connectivity index (χ0n) is 22.7. The molecule has 0 spiro atoms. The number of aliphatic hydroxyl groups is 2. The topological polar surface area (TPSA) is 130 Å². The van der Waals surface area contributed by atoms with Crippen LogP contribution in [0.4, 0.5) is 0 Å². The summed E-state index contributed by atoms with van der Waals surface area (Å²) in [5, 5.41) is 25.9. The molecule has 8 nitrogen and oxygen atoms in total. The van der Waals surface area contributed by atoms with Crippen molar-refractivity contribution in [1.82, 2.24) is 5.32 Å². The first-order chi connectivity index (χ1) is 17.3. The van der Waals surface area contributed by atoms with Gasteiger partial charge in [0.05, 0.1) is 12.5 Å². The van der Waals surface area contributed by atoms with Gasteiger partial charge in [0.25, 0.3) is 0 Å². The van der Waals surface area contributed by atoms with Gasteiger partial charge in [-0.15, -0.1) is 0 Å². The van der Waals surface area contributed by atoms with Gasteiger partial charge in [-0.1, -0.05) is 33.3 Å². The molecule has 37 heavy (non-hydrogen) atoms. The number of Topliss-reactive ketones (excluding diaryl/α,β-unsaturated/α-hetero) is 1. The predicted molar refractivity (Wildman–Crippen MR) is 136 cm³/mol. The van der Waals surface area contributed by atoms with Gasteiger partial charge in [-0.3, -0.25) is 19.2 Å². The van der Waals surface area contributed by atoms with Crippen LogP contribution in [0.25, 0.3) is 0 Å². The molecule has 3 saturated carbocycles. The van der Waals surface area contributed by atoms with Gasteiger partial charge in [-0.05, 0) is 73.7 Å². The van der Waals surface area contributed by atoms with Crippen molar-refractivity contribution in [2.45, 2.75) is 97.2 Å². The van der Waals surface area contributed by atoms with E-state index in [0.29, 0.717) is 31.7 Å². The van der Waals surface area contributed by atoms with Gasteiger partial charge >= 0.3 is 5.97 Å². The molecule has 8 heteroatoms. The van der Waals surface area contributed by atoms with Crippen LogP contribution in [-0.4, -0.2) is 58.5 Å². The van der Waals surface area contributed by atoms with Gasteiger partial charge in [-0.2, -0.15) is 0 Å². The van der Waals surface area contributed by atoms with Crippen LogP contribution in [-0.2, 0) is 23.9 Å². The van der Waals surface area contributed by atoms with Crippen molar-refractivity contribution in [2.24, 2.45) is 34.5 Å². The maximum Gasteiger partial charge on any atom is 0.306 e. The highest BCUT2D eigenvalue weighted by Gasteiger charge is 2.68. The number of ether oxygens (including phenoxy) is 1. The van der Waals surface area contributed by atoms with Gasteiger partial charge in [0.1, 0.15) is 5.60 Å². The minimum atomic E-state index is -1.68. The smallest absolute Gasteiger partial charge is 0.306 e. The molecule has 0 aliphatic heterocycles. The van der Waals surface area contributed by atoms with E-state index in [1.165, 1.54) is 0 Å². The highest BCUT2D eigenvalue weighted by molar-refractivity contribution is 5.92. The maximum atomic E-state index is 13.3. The normalized spacial score (nSPS) is 38.8. The molecule has 7 atom stereocenters. The molecule has 3 N–H and O–H groups in total. The summed E-state index contributed by atoms with van der Waals surface area (Å²) in [6.07, 6.45) is 5.04. The monoisotopic (exact) mass is 517 g/mol. The lowest BCUT2D eigenvalue weighted by molar-refractivity contribution is -0.184. The summed E-state index contributed by atoms with van der Waals surface area (Å²) in [6.45, 7) is 8.02. The number of carbonyl (C=O) groups is 4. The van der Waals surface area contributed by atoms with Gasteiger partial charge in [0.15, 0.2) is 12.4 Å². The average molecular weight is 518 g/mol. The summed E-state index contributed by atoms with van der Waals surface area (Å²) in [5.74, 6) is -0.749. The van der Waals surface area contributed by atoms with Crippen LogP contribution in [0.1, 0.15) is 85.5 Å². The lowest BCUT2D eigenvalue weighted by Crippen LogP contribution is -2.62. The Morgan fingerprint density at radius 2 is 1.86 bits per heavy atom. The molecule has 0 aromatic rings. The number of hydrogen-bond acceptors (Lipinski definition) is 7. The fourth-order valence-electron chi connectivity index (χ4n) is 8.11. The summed E-state index contributed by atoms with van der Waals surface area (Å²) in [4.78, 5) is 49.4. The molecule has 4 aliphatic carbocycles. The SMILES string of the molecule is CC(C)CNC(=O)CCC(=O)OCC(=O)[C@@]1(O)CC[C@@H]2[C@@H]3CCC4=CC(=O)CC[C@]4(C)[C@@H]3[C@@H](O)C[C@@]21C. The Morgan fingerprint density at radius 1 is 1.14 bits per heavy atom. The van der Waals surface area contributed by atoms with Crippen molar-refractivity contribution in [2.75, 3.05) is 13.2 Å². The van der Waals surface area contributed by atoms with Gasteiger partial charge in [0, 0.05) is 24.8 Å². The van der Waals surface area contributed by atoms with Crippen LogP contribution < -0.4 is 5.32 Å². The predicted octanol–water partition coefficient (Wildman–Crippen LogP) is 2.88. The molecule has 206 valence electrons. The van der Waals surface area contributed by atoms with Crippen molar-refractivity contribution < 1.29 is 34.1 Å². The molecular formula is C29H43NO7. The number of aliphatic hydroxyl groups excluding tert-OH is 1. The van der Waals surface area contributed by atoms with Crippen molar-refractivity contribution in [1.29, 1.82) is 0 Å². The number of nitrogens with one attached hydrogen (secondary N) is 1. The highest BCUT2D eigenvalue weighted by atomic mass is 16.5. The van der Waals surface area contributed by atoms with E-state index >= 15 is 0 Å². The van der Waals surface area contributed by atoms with Crippen LogP contribution >= 0.6 is 0 Å². The molecule has 0 unspecified atom stereocenters. The number of amides is 1. The van der Waals surface area contributed by atoms with Crippen LogP contribution in [0, 0.1) is 34.5 Å². The first-order valence-electron chi connectivity index (χ1n) is 13.9. The summed E-state index contributed by atoms with van der Waals surface area (Å²) >= 11 is 0. The first-order valence-corrected chi connectivity index (χ1v) is 13.9. The molecule has 0 saturated heterocycles. The van der Waals surface area contributed by atoms with Crippen molar-refractivity contribution in [3.8, 4) is 0 Å². The fourth-order valence-corrected chi connectivity index (χ4v) is 8.11. The molecule has 0 heterocycles. The Bertz CT molecular complexity index is 989. The number of rotatable bonds is 8. The van der Waals surface area contributed by atoms with Gasteiger partial charge in [-0.25, -0.2) is 0 Å². The zero-order valence-corrected chi connectivity index (χ0v) is 22.7. The quantitative estimate of drug-likeness (QED) is 0.422. The highest BCUT2D eigenvalue weighted by Crippen LogP contribution is 2.67. The second-order valence-corrected chi connectivity index (χ2v) is 12.8. The molecule has 0 radical (unpaired) electrons. The van der Waals surface area contributed by atoms with E-state index in [4.69, 9.17) is 4.74 Å². The molecular weight excluding hydrogens is 474 g/mol. The Hall–Kier alpha value is -2.06. The molecule has 4 rings (SSSR count). The van der Waals surface area contributed by atoms with Crippen LogP contribution in [0.15, 0.2) is 11.6 Å². The van der Waals surface area contributed by atoms with E-state index in [0.717, 1.165) is 24.8 Å². The molecule has 3 fully saturated rings. The van der Waals surface area contributed by atoms with Crippen LogP contribution in [0.2, 0.25) is 0 Å². The third kappa shape index (κ3) is 4.91. The van der Waals surface area contributed by atoms with Crippen molar-refractivity contribution >= 4 is 23.4 Å². The number of ketones is 2. The number of hydrogen-bond donors (Lipinski definition) is 3. The summed E-state index contributed by atoms with van der Waals surface area (Å²) in [6, 6.07) is 0. The minimum Gasteiger partial charge on any atom is -0.458 e. The second-order valence-electron chi connectivity index (χ2n) is 12.8. The summed E-state index contributed by atoms with van der Waals surface area (Å²) in [5.41, 5.74) is -1.60. The number of carbonyl (C=O) groups excluding carboxylic acids is 4. The third-order valence-corrected chi connectivity index (χ3v) is 10.1. The second kappa shape index (κ2) is 10.3. The Kier molecular flexibility index (Phi) is 7.75. The largest absolute Gasteiger partial charge is 0.458 e. The van der Waals surface area contributed by atoms with Crippen LogP contribution in [0.5, 0.6) is 0 Å². The summed E-state index contributed by atoms with van der Waals surface area (Å²) in [7, 11) is 0. The van der Waals surface area contributed by atoms with E-state index in [9.17, 15) is 29.4 Å². The van der Waals surface area contributed by atoms with Crippen molar-refractivity contribution in [3.63, 3.8) is 0 Å². The molecule has 0 aromatic carbocycles. The van der Waals surface area contributed by atoms with E-state index in [2.05, 4.69) is 12.2 Å². The van der Waals surface area contributed by atoms with E-state index in [1.54, 1.807) is 6.08 Å². The van der Waals surface area contributed by atoms with Gasteiger partial charge in [0.2, 0.25) is 11.7 Å². The standard InChI is InChI=1S/C29H43NO7/c1-17(2)15-30-24(34)7-8-25(35)37-16-23(33)29(36)12-10-21-20-6-5-18-13-19(31)9-11-27(18,3)26(20)22(32)14-28(21,29)4/h13,17,20-22,26,32,36H,5-12,14-16H2,1-4H3,(H,30,34)/t20-,21+,22-,26-,27-,28-,29-/m0/s1. The number of esters is 1. The Balaban J connectivity index is 1.41. The third-order valence-electron chi connectivity index (χ3n) is 10.1. The zero-order chi connectivity index (χ0) is 27.2.